The van der Waals surface area contributed by atoms with Crippen LogP contribution in [0.15, 0.2) is 42.9 Å². The Balaban J connectivity index is 1.51. The zero-order valence-electron chi connectivity index (χ0n) is 15.3. The molecule has 3 heterocycles. The van der Waals surface area contributed by atoms with Crippen molar-refractivity contribution < 1.29 is 14.3 Å². The van der Waals surface area contributed by atoms with Crippen LogP contribution in [-0.2, 0) is 11.3 Å². The quantitative estimate of drug-likeness (QED) is 0.867. The molecule has 1 aliphatic rings. The SMILES string of the molecule is CCOC(=O)N1CCN(C(=O)c2ccc(NCc3cccnc3)cn2)CC1. The Morgan fingerprint density at radius 1 is 1.11 bits per heavy atom. The van der Waals surface area contributed by atoms with Crippen molar-refractivity contribution in [3.63, 3.8) is 0 Å². The minimum atomic E-state index is -0.327. The minimum Gasteiger partial charge on any atom is -0.450 e. The Kier molecular flexibility index (Phi) is 6.19. The smallest absolute Gasteiger partial charge is 0.409 e. The molecule has 2 amide bonds. The van der Waals surface area contributed by atoms with Crippen LogP contribution in [0.3, 0.4) is 0 Å². The number of nitrogens with zero attached hydrogens (tertiary/aromatic N) is 4. The Morgan fingerprint density at radius 2 is 1.89 bits per heavy atom. The van der Waals surface area contributed by atoms with Gasteiger partial charge in [0.05, 0.1) is 18.5 Å². The third-order valence-corrected chi connectivity index (χ3v) is 4.29. The molecule has 0 spiro atoms. The summed E-state index contributed by atoms with van der Waals surface area (Å²) in [6.07, 6.45) is 4.86. The zero-order chi connectivity index (χ0) is 19.1. The number of ether oxygens (including phenoxy) is 1. The highest BCUT2D eigenvalue weighted by Gasteiger charge is 2.25. The van der Waals surface area contributed by atoms with Gasteiger partial charge >= 0.3 is 6.09 Å². The molecule has 1 fully saturated rings. The number of nitrogens with one attached hydrogen (secondary N) is 1. The standard InChI is InChI=1S/C19H23N5O3/c1-2-27-19(26)24-10-8-23(9-11-24)18(25)17-6-5-16(14-22-17)21-13-15-4-3-7-20-12-15/h3-7,12,14,21H,2,8-11,13H2,1H3. The van der Waals surface area contributed by atoms with Gasteiger partial charge in [0.1, 0.15) is 5.69 Å². The summed E-state index contributed by atoms with van der Waals surface area (Å²) in [6.45, 7) is 4.64. The molecule has 2 aromatic rings. The molecule has 1 aliphatic heterocycles. The average molecular weight is 369 g/mol. The van der Waals surface area contributed by atoms with Crippen LogP contribution in [0.4, 0.5) is 10.5 Å². The van der Waals surface area contributed by atoms with Crippen molar-refractivity contribution in [2.24, 2.45) is 0 Å². The maximum absolute atomic E-state index is 12.6. The van der Waals surface area contributed by atoms with E-state index in [0.29, 0.717) is 45.0 Å². The second kappa shape index (κ2) is 8.98. The Labute approximate surface area is 158 Å². The molecule has 8 nitrogen and oxygen atoms in total. The van der Waals surface area contributed by atoms with E-state index in [2.05, 4.69) is 15.3 Å². The molecular weight excluding hydrogens is 346 g/mol. The summed E-state index contributed by atoms with van der Waals surface area (Å²) in [5.74, 6) is -0.127. The molecule has 142 valence electrons. The Bertz CT molecular complexity index is 759. The van der Waals surface area contributed by atoms with E-state index in [0.717, 1.165) is 11.3 Å². The summed E-state index contributed by atoms with van der Waals surface area (Å²) >= 11 is 0. The van der Waals surface area contributed by atoms with Crippen LogP contribution in [0, 0.1) is 0 Å². The molecule has 27 heavy (non-hydrogen) atoms. The van der Waals surface area contributed by atoms with Crippen LogP contribution in [0.5, 0.6) is 0 Å². The number of pyridine rings is 2. The van der Waals surface area contributed by atoms with Gasteiger partial charge in [-0.15, -0.1) is 0 Å². The van der Waals surface area contributed by atoms with Gasteiger partial charge in [-0.1, -0.05) is 6.07 Å². The lowest BCUT2D eigenvalue weighted by atomic mass is 10.2. The van der Waals surface area contributed by atoms with E-state index in [1.807, 2.05) is 18.2 Å². The van der Waals surface area contributed by atoms with Gasteiger partial charge in [-0.05, 0) is 30.7 Å². The van der Waals surface area contributed by atoms with Gasteiger partial charge in [0, 0.05) is 45.1 Å². The number of carbonyl (C=O) groups is 2. The minimum absolute atomic E-state index is 0.127. The van der Waals surface area contributed by atoms with E-state index >= 15 is 0 Å². The van der Waals surface area contributed by atoms with E-state index in [9.17, 15) is 9.59 Å². The molecule has 3 rings (SSSR count). The fourth-order valence-electron chi connectivity index (χ4n) is 2.80. The lowest BCUT2D eigenvalue weighted by Crippen LogP contribution is -2.50. The van der Waals surface area contributed by atoms with Gasteiger partial charge in [0.15, 0.2) is 0 Å². The Hall–Kier alpha value is -3.16. The van der Waals surface area contributed by atoms with Crippen LogP contribution in [-0.4, -0.2) is 64.6 Å². The molecule has 1 saturated heterocycles. The van der Waals surface area contributed by atoms with E-state index in [-0.39, 0.29) is 12.0 Å². The lowest BCUT2D eigenvalue weighted by molar-refractivity contribution is 0.0566. The number of carbonyl (C=O) groups excluding carboxylic acids is 2. The van der Waals surface area contributed by atoms with E-state index < -0.39 is 0 Å². The largest absolute Gasteiger partial charge is 0.450 e. The molecule has 0 atom stereocenters. The summed E-state index contributed by atoms with van der Waals surface area (Å²) in [5.41, 5.74) is 2.30. The fourth-order valence-corrected chi connectivity index (χ4v) is 2.80. The highest BCUT2D eigenvalue weighted by Crippen LogP contribution is 2.12. The van der Waals surface area contributed by atoms with Crippen LogP contribution in [0.2, 0.25) is 0 Å². The summed E-state index contributed by atoms with van der Waals surface area (Å²) in [4.78, 5) is 36.0. The number of piperazine rings is 1. The van der Waals surface area contributed by atoms with Crippen molar-refractivity contribution in [2.75, 3.05) is 38.1 Å². The van der Waals surface area contributed by atoms with E-state index in [1.165, 1.54) is 0 Å². The van der Waals surface area contributed by atoms with Gasteiger partial charge in [-0.25, -0.2) is 9.78 Å². The molecule has 0 saturated carbocycles. The van der Waals surface area contributed by atoms with Crippen molar-refractivity contribution in [3.8, 4) is 0 Å². The fraction of sp³-hybridized carbons (Fsp3) is 0.368. The van der Waals surface area contributed by atoms with Crippen molar-refractivity contribution in [2.45, 2.75) is 13.5 Å². The monoisotopic (exact) mass is 369 g/mol. The molecule has 0 unspecified atom stereocenters. The van der Waals surface area contributed by atoms with Crippen LogP contribution in [0.25, 0.3) is 0 Å². The highest BCUT2D eigenvalue weighted by atomic mass is 16.6. The van der Waals surface area contributed by atoms with Crippen molar-refractivity contribution in [3.05, 3.63) is 54.1 Å². The van der Waals surface area contributed by atoms with Crippen LogP contribution < -0.4 is 5.32 Å². The third-order valence-electron chi connectivity index (χ3n) is 4.29. The third kappa shape index (κ3) is 4.93. The number of aromatic nitrogens is 2. The first-order chi connectivity index (χ1) is 13.2. The zero-order valence-corrected chi connectivity index (χ0v) is 15.3. The summed E-state index contributed by atoms with van der Waals surface area (Å²) in [7, 11) is 0. The second-order valence-corrected chi connectivity index (χ2v) is 6.13. The first kappa shape index (κ1) is 18.6. The predicted octanol–water partition coefficient (Wildman–Crippen LogP) is 2.00. The molecule has 2 aromatic heterocycles. The number of amides is 2. The van der Waals surface area contributed by atoms with E-state index in [4.69, 9.17) is 4.74 Å². The van der Waals surface area contributed by atoms with Gasteiger partial charge < -0.3 is 19.9 Å². The van der Waals surface area contributed by atoms with E-state index in [1.54, 1.807) is 41.4 Å². The molecule has 0 bridgehead atoms. The summed E-state index contributed by atoms with van der Waals surface area (Å²) in [5, 5.41) is 3.25. The summed E-state index contributed by atoms with van der Waals surface area (Å²) < 4.78 is 4.99. The van der Waals surface area contributed by atoms with Crippen LogP contribution >= 0.6 is 0 Å². The van der Waals surface area contributed by atoms with Crippen molar-refractivity contribution >= 4 is 17.7 Å². The van der Waals surface area contributed by atoms with Gasteiger partial charge in [-0.3, -0.25) is 9.78 Å². The molecule has 0 aromatic carbocycles. The normalized spacial score (nSPS) is 14.0. The number of hydrogen-bond donors (Lipinski definition) is 1. The molecular formula is C19H23N5O3. The first-order valence-electron chi connectivity index (χ1n) is 8.97. The predicted molar refractivity (Wildman–Crippen MR) is 100 cm³/mol. The van der Waals surface area contributed by atoms with Crippen molar-refractivity contribution in [1.82, 2.24) is 19.8 Å². The summed E-state index contributed by atoms with van der Waals surface area (Å²) in [6, 6.07) is 7.43. The number of anilines is 1. The topological polar surface area (TPSA) is 87.7 Å². The second-order valence-electron chi connectivity index (χ2n) is 6.13. The average Bonchev–Trinajstić information content (AvgIpc) is 2.73. The maximum Gasteiger partial charge on any atom is 0.409 e. The van der Waals surface area contributed by atoms with Crippen LogP contribution in [0.1, 0.15) is 23.0 Å². The Morgan fingerprint density at radius 3 is 2.52 bits per heavy atom. The number of hydrogen-bond acceptors (Lipinski definition) is 6. The number of rotatable bonds is 5. The molecule has 8 heteroatoms. The van der Waals surface area contributed by atoms with Gasteiger partial charge in [0.2, 0.25) is 0 Å². The first-order valence-corrected chi connectivity index (χ1v) is 8.97. The lowest BCUT2D eigenvalue weighted by Gasteiger charge is -2.33. The molecule has 0 aliphatic carbocycles. The maximum atomic E-state index is 12.6. The molecule has 1 N–H and O–H groups in total. The van der Waals surface area contributed by atoms with Gasteiger partial charge in [0.25, 0.3) is 5.91 Å². The molecule has 0 radical (unpaired) electrons. The van der Waals surface area contributed by atoms with Crippen molar-refractivity contribution in [1.29, 1.82) is 0 Å². The van der Waals surface area contributed by atoms with Gasteiger partial charge in [-0.2, -0.15) is 0 Å². The highest BCUT2D eigenvalue weighted by molar-refractivity contribution is 5.92.